The number of aliphatic hydroxyl groups is 1. The van der Waals surface area contributed by atoms with Gasteiger partial charge in [-0.25, -0.2) is 0 Å². The van der Waals surface area contributed by atoms with Gasteiger partial charge in [0.05, 0.1) is 6.04 Å². The molecule has 0 unspecified atom stereocenters. The van der Waals surface area contributed by atoms with Crippen molar-refractivity contribution in [3.8, 4) is 0 Å². The normalized spacial score (nSPS) is 15.0. The largest absolute Gasteiger partial charge is 0.416 e. The van der Waals surface area contributed by atoms with Gasteiger partial charge >= 0.3 is 6.18 Å². The first-order valence-electron chi connectivity index (χ1n) is 4.19. The summed E-state index contributed by atoms with van der Waals surface area (Å²) in [6.07, 6.45) is -7.52. The Labute approximate surface area is 112 Å². The van der Waals surface area contributed by atoms with Gasteiger partial charge in [0, 0.05) is 15.6 Å². The highest BCUT2D eigenvalue weighted by Crippen LogP contribution is 2.35. The average molecular weight is 311 g/mol. The van der Waals surface area contributed by atoms with E-state index in [4.69, 9.17) is 34.0 Å². The minimum Gasteiger partial charge on any atom is -0.382 e. The van der Waals surface area contributed by atoms with Crippen LogP contribution in [0.3, 0.4) is 0 Å². The number of benzene rings is 1. The third-order valence-corrected chi connectivity index (χ3v) is 2.67. The third kappa shape index (κ3) is 3.89. The van der Waals surface area contributed by atoms with Crippen LogP contribution in [0.1, 0.15) is 11.6 Å². The number of aliphatic hydroxyl groups excluding tert-OH is 1. The van der Waals surface area contributed by atoms with E-state index in [-0.39, 0.29) is 28.0 Å². The highest BCUT2D eigenvalue weighted by atomic mass is 35.5. The van der Waals surface area contributed by atoms with Gasteiger partial charge in [-0.15, -0.1) is 12.4 Å². The fourth-order valence-electron chi connectivity index (χ4n) is 1.19. The molecule has 0 aliphatic carbocycles. The lowest BCUT2D eigenvalue weighted by atomic mass is 10.0. The number of alkyl halides is 3. The molecule has 0 aromatic heterocycles. The second-order valence-electron chi connectivity index (χ2n) is 3.15. The fourth-order valence-corrected chi connectivity index (χ4v) is 1.84. The van der Waals surface area contributed by atoms with Crippen molar-refractivity contribution in [1.82, 2.24) is 0 Å². The molecule has 0 amide bonds. The van der Waals surface area contributed by atoms with E-state index >= 15 is 0 Å². The minimum atomic E-state index is -4.82. The predicted octanol–water partition coefficient (Wildman–Crippen LogP) is 3.34. The van der Waals surface area contributed by atoms with E-state index in [1.807, 2.05) is 0 Å². The van der Waals surface area contributed by atoms with Gasteiger partial charge in [-0.2, -0.15) is 13.2 Å². The molecule has 0 heterocycles. The van der Waals surface area contributed by atoms with Crippen LogP contribution in [-0.2, 0) is 0 Å². The molecular formula is C9H9Cl3F3NO. The van der Waals surface area contributed by atoms with Crippen LogP contribution in [0, 0.1) is 0 Å². The molecule has 0 aliphatic rings. The molecule has 17 heavy (non-hydrogen) atoms. The first-order chi connectivity index (χ1) is 7.25. The van der Waals surface area contributed by atoms with Crippen molar-refractivity contribution < 1.29 is 18.3 Å². The first kappa shape index (κ1) is 16.8. The Morgan fingerprint density at radius 3 is 1.94 bits per heavy atom. The van der Waals surface area contributed by atoms with Crippen molar-refractivity contribution in [2.24, 2.45) is 5.73 Å². The molecule has 8 heteroatoms. The Kier molecular flexibility index (Phi) is 6.04. The molecule has 0 fully saturated rings. The summed E-state index contributed by atoms with van der Waals surface area (Å²) in [5.41, 5.74) is 5.17. The van der Waals surface area contributed by atoms with Crippen LogP contribution in [0.15, 0.2) is 18.2 Å². The summed E-state index contributed by atoms with van der Waals surface area (Å²) in [4.78, 5) is 0. The van der Waals surface area contributed by atoms with E-state index in [2.05, 4.69) is 0 Å². The number of hydrogen-bond acceptors (Lipinski definition) is 2. The van der Waals surface area contributed by atoms with Crippen molar-refractivity contribution in [3.05, 3.63) is 33.8 Å². The lowest BCUT2D eigenvalue weighted by molar-refractivity contribution is -0.210. The van der Waals surface area contributed by atoms with E-state index < -0.39 is 18.3 Å². The molecule has 0 aliphatic heterocycles. The van der Waals surface area contributed by atoms with Crippen LogP contribution < -0.4 is 5.73 Å². The molecule has 0 saturated heterocycles. The van der Waals surface area contributed by atoms with E-state index in [1.165, 1.54) is 18.2 Å². The molecule has 1 aromatic carbocycles. The highest BCUT2D eigenvalue weighted by Gasteiger charge is 2.43. The smallest absolute Gasteiger partial charge is 0.382 e. The lowest BCUT2D eigenvalue weighted by Gasteiger charge is -2.23. The van der Waals surface area contributed by atoms with E-state index in [0.29, 0.717) is 0 Å². The third-order valence-electron chi connectivity index (χ3n) is 2.01. The van der Waals surface area contributed by atoms with Crippen molar-refractivity contribution in [2.75, 3.05) is 0 Å². The Morgan fingerprint density at radius 2 is 1.59 bits per heavy atom. The van der Waals surface area contributed by atoms with Gasteiger partial charge in [-0.1, -0.05) is 29.3 Å². The minimum absolute atomic E-state index is 0. The van der Waals surface area contributed by atoms with Crippen LogP contribution in [0.5, 0.6) is 0 Å². The number of halogens is 6. The average Bonchev–Trinajstić information content (AvgIpc) is 2.14. The predicted molar refractivity (Wildman–Crippen MR) is 62.7 cm³/mol. The van der Waals surface area contributed by atoms with Crippen LogP contribution in [-0.4, -0.2) is 17.4 Å². The number of hydrogen-bond donors (Lipinski definition) is 2. The van der Waals surface area contributed by atoms with Crippen LogP contribution >= 0.6 is 35.6 Å². The van der Waals surface area contributed by atoms with Gasteiger partial charge in [-0.05, 0) is 12.1 Å². The molecule has 1 rings (SSSR count). The van der Waals surface area contributed by atoms with E-state index in [0.717, 1.165) is 0 Å². The fraction of sp³-hybridized carbons (Fsp3) is 0.333. The molecule has 0 saturated carbocycles. The summed E-state index contributed by atoms with van der Waals surface area (Å²) in [6.45, 7) is 0. The Hall–Kier alpha value is -0.200. The SMILES string of the molecule is Cl.N[C@H](c1c(Cl)cccc1Cl)[C@@H](O)C(F)(F)F. The highest BCUT2D eigenvalue weighted by molar-refractivity contribution is 6.36. The van der Waals surface area contributed by atoms with E-state index in [1.54, 1.807) is 0 Å². The molecule has 0 radical (unpaired) electrons. The summed E-state index contributed by atoms with van der Waals surface area (Å²) in [7, 11) is 0. The van der Waals surface area contributed by atoms with Gasteiger partial charge < -0.3 is 10.8 Å². The molecule has 98 valence electrons. The second-order valence-corrected chi connectivity index (χ2v) is 3.96. The van der Waals surface area contributed by atoms with Gasteiger partial charge in [0.15, 0.2) is 6.10 Å². The molecule has 2 atom stereocenters. The molecular weight excluding hydrogens is 301 g/mol. The van der Waals surface area contributed by atoms with Gasteiger partial charge in [0.25, 0.3) is 0 Å². The van der Waals surface area contributed by atoms with Crippen LogP contribution in [0.25, 0.3) is 0 Å². The van der Waals surface area contributed by atoms with E-state index in [9.17, 15) is 13.2 Å². The van der Waals surface area contributed by atoms with Crippen LogP contribution in [0.4, 0.5) is 13.2 Å². The number of nitrogens with two attached hydrogens (primary N) is 1. The number of rotatable bonds is 2. The first-order valence-corrected chi connectivity index (χ1v) is 4.95. The summed E-state index contributed by atoms with van der Waals surface area (Å²) < 4.78 is 36.7. The topological polar surface area (TPSA) is 46.2 Å². The van der Waals surface area contributed by atoms with Crippen LogP contribution in [0.2, 0.25) is 10.0 Å². The van der Waals surface area contributed by atoms with Gasteiger partial charge in [0.2, 0.25) is 0 Å². The second kappa shape index (κ2) is 6.11. The standard InChI is InChI=1S/C9H8Cl2F3NO.ClH/c10-4-2-1-3-5(11)6(4)7(15)8(16)9(12,13)14;/h1-3,7-8,16H,15H2;1H/t7-,8-;/m1./s1. The zero-order valence-electron chi connectivity index (χ0n) is 8.21. The summed E-state index contributed by atoms with van der Waals surface area (Å²) >= 11 is 11.4. The Bertz CT molecular complexity index is 366. The summed E-state index contributed by atoms with van der Waals surface area (Å²) in [6, 6.07) is 2.47. The molecule has 0 bridgehead atoms. The monoisotopic (exact) mass is 309 g/mol. The maximum absolute atomic E-state index is 12.2. The Balaban J connectivity index is 0.00000256. The van der Waals surface area contributed by atoms with Crippen molar-refractivity contribution >= 4 is 35.6 Å². The molecule has 1 aromatic rings. The van der Waals surface area contributed by atoms with Gasteiger partial charge in [-0.3, -0.25) is 0 Å². The zero-order valence-corrected chi connectivity index (χ0v) is 10.5. The van der Waals surface area contributed by atoms with Crippen molar-refractivity contribution in [1.29, 1.82) is 0 Å². The summed E-state index contributed by atoms with van der Waals surface area (Å²) in [5, 5.41) is 8.97. The quantitative estimate of drug-likeness (QED) is 0.880. The summed E-state index contributed by atoms with van der Waals surface area (Å²) in [5.74, 6) is 0. The Morgan fingerprint density at radius 1 is 1.18 bits per heavy atom. The molecule has 3 N–H and O–H groups in total. The van der Waals surface area contributed by atoms with Crippen molar-refractivity contribution in [2.45, 2.75) is 18.3 Å². The van der Waals surface area contributed by atoms with Gasteiger partial charge in [0.1, 0.15) is 0 Å². The molecule has 0 spiro atoms. The molecule has 2 nitrogen and oxygen atoms in total. The maximum atomic E-state index is 12.2. The van der Waals surface area contributed by atoms with Crippen molar-refractivity contribution in [3.63, 3.8) is 0 Å². The zero-order chi connectivity index (χ0) is 12.5. The maximum Gasteiger partial charge on any atom is 0.416 e. The lowest BCUT2D eigenvalue weighted by Crippen LogP contribution is -2.39.